The van der Waals surface area contributed by atoms with Crippen LogP contribution in [0.15, 0.2) is 24.8 Å². The van der Waals surface area contributed by atoms with Crippen molar-refractivity contribution >= 4 is 17.7 Å². The summed E-state index contributed by atoms with van der Waals surface area (Å²) in [6.07, 6.45) is 2.17. The molecule has 0 bridgehead atoms. The maximum Gasteiger partial charge on any atom is 1.00 e. The Bertz CT molecular complexity index is 269. The van der Waals surface area contributed by atoms with Gasteiger partial charge in [0, 0.05) is 6.08 Å². The average molecular weight is 206 g/mol. The minimum absolute atomic E-state index is 0. The average Bonchev–Trinajstić information content (AvgIpc) is 2.10. The number of carboxylic acid groups (broad SMARTS) is 1. The molecule has 70 valence electrons. The molecule has 0 fully saturated rings. The fraction of sp³-hybridized carbons (Fsp3) is 0.125. The van der Waals surface area contributed by atoms with Crippen LogP contribution in [0.25, 0.3) is 0 Å². The molecule has 0 saturated heterocycles. The van der Waals surface area contributed by atoms with Gasteiger partial charge in [0.15, 0.2) is 12.4 Å². The topological polar surface area (TPSA) is 83.5 Å². The molecule has 0 N–H and O–H groups in total. The Hall–Kier alpha value is -0.910. The van der Waals surface area contributed by atoms with E-state index in [2.05, 4.69) is 11.3 Å². The van der Waals surface area contributed by atoms with Crippen LogP contribution in [0.3, 0.4) is 0 Å². The van der Waals surface area contributed by atoms with Crippen molar-refractivity contribution in [1.29, 1.82) is 0 Å². The van der Waals surface area contributed by atoms with Crippen molar-refractivity contribution in [3.8, 4) is 0 Å². The first kappa shape index (κ1) is 15.6. The fourth-order valence-electron chi connectivity index (χ4n) is 0.385. The minimum Gasteiger partial charge on any atom is -0.545 e. The number of hydrogen-bond donors (Lipinski definition) is 0. The van der Waals surface area contributed by atoms with Gasteiger partial charge in [-0.2, -0.15) is 0 Å². The monoisotopic (exact) mass is 206 g/mol. The Labute approximate surface area is 103 Å². The second-order valence-corrected chi connectivity index (χ2v) is 1.93. The van der Waals surface area contributed by atoms with E-state index in [0.29, 0.717) is 12.2 Å². The zero-order chi connectivity index (χ0) is 10.3. The van der Waals surface area contributed by atoms with Crippen molar-refractivity contribution < 1.29 is 53.8 Å². The van der Waals surface area contributed by atoms with E-state index < -0.39 is 24.3 Å². The van der Waals surface area contributed by atoms with Crippen molar-refractivity contribution in [3.05, 3.63) is 24.8 Å². The first-order valence-electron chi connectivity index (χ1n) is 3.27. The van der Waals surface area contributed by atoms with Gasteiger partial charge in [0.05, 0.1) is 5.97 Å². The smallest absolute Gasteiger partial charge is 0.545 e. The summed E-state index contributed by atoms with van der Waals surface area (Å²) in [5.41, 5.74) is 0. The number of esters is 1. The van der Waals surface area contributed by atoms with Crippen LogP contribution in [-0.2, 0) is 19.1 Å². The van der Waals surface area contributed by atoms with E-state index in [4.69, 9.17) is 0 Å². The Kier molecular flexibility index (Phi) is 9.64. The predicted octanol–water partition coefficient (Wildman–Crippen LogP) is -4.41. The van der Waals surface area contributed by atoms with Crippen LogP contribution in [0.2, 0.25) is 0 Å². The second-order valence-electron chi connectivity index (χ2n) is 1.93. The fourth-order valence-corrected chi connectivity index (χ4v) is 0.385. The molecule has 0 saturated carbocycles. The Morgan fingerprint density at radius 1 is 1.29 bits per heavy atom. The number of carbonyl (C=O) groups excluding carboxylic acids is 3. The van der Waals surface area contributed by atoms with Crippen molar-refractivity contribution in [2.75, 3.05) is 6.61 Å². The van der Waals surface area contributed by atoms with Gasteiger partial charge in [-0.25, -0.2) is 4.79 Å². The van der Waals surface area contributed by atoms with Gasteiger partial charge in [-0.1, -0.05) is 6.58 Å². The van der Waals surface area contributed by atoms with E-state index >= 15 is 0 Å². The zero-order valence-corrected chi connectivity index (χ0v) is 9.69. The Balaban J connectivity index is 0. The Morgan fingerprint density at radius 2 is 1.86 bits per heavy atom. The summed E-state index contributed by atoms with van der Waals surface area (Å²) in [6, 6.07) is 0. The summed E-state index contributed by atoms with van der Waals surface area (Å²) >= 11 is 0. The molecular formula is C8H7NaO5. The molecule has 0 aliphatic rings. The molecule has 0 spiro atoms. The summed E-state index contributed by atoms with van der Waals surface area (Å²) in [5.74, 6) is -2.89. The standard InChI is InChI=1S/C8H8O5.Na/c1-2-6(9)5-13-8(12)4-3-7(10)11;/h2-4H,1,5H2,(H,10,11);/q;+1/p-1/b4-3+;. The Morgan fingerprint density at radius 3 is 2.29 bits per heavy atom. The van der Waals surface area contributed by atoms with E-state index in [-0.39, 0.29) is 29.6 Å². The number of aliphatic carboxylic acids is 1. The SMILES string of the molecule is C=CC(=O)COC(=O)/C=C/C(=O)[O-].[Na+]. The molecule has 5 nitrogen and oxygen atoms in total. The molecule has 0 aliphatic carbocycles. The number of ketones is 1. The molecule has 0 amide bonds. The van der Waals surface area contributed by atoms with Gasteiger partial charge in [-0.3, -0.25) is 4.79 Å². The minimum atomic E-state index is -1.51. The summed E-state index contributed by atoms with van der Waals surface area (Å²) in [6.45, 7) is 2.71. The maximum atomic E-state index is 10.6. The molecule has 0 aliphatic heterocycles. The normalized spacial score (nSPS) is 8.86. The molecule has 14 heavy (non-hydrogen) atoms. The van der Waals surface area contributed by atoms with Crippen molar-refractivity contribution in [2.24, 2.45) is 0 Å². The molecule has 0 atom stereocenters. The van der Waals surface area contributed by atoms with E-state index in [1.54, 1.807) is 0 Å². The van der Waals surface area contributed by atoms with E-state index in [9.17, 15) is 19.5 Å². The molecular weight excluding hydrogens is 199 g/mol. The molecule has 0 heterocycles. The van der Waals surface area contributed by atoms with E-state index in [0.717, 1.165) is 6.08 Å². The molecule has 0 unspecified atom stereocenters. The van der Waals surface area contributed by atoms with E-state index in [1.165, 1.54) is 0 Å². The van der Waals surface area contributed by atoms with Gasteiger partial charge >= 0.3 is 35.5 Å². The maximum absolute atomic E-state index is 10.6. The first-order valence-corrected chi connectivity index (χ1v) is 3.27. The molecule has 0 aromatic heterocycles. The molecule has 0 rings (SSSR count). The van der Waals surface area contributed by atoms with Gasteiger partial charge in [-0.15, -0.1) is 0 Å². The molecule has 0 aromatic carbocycles. The van der Waals surface area contributed by atoms with Gasteiger partial charge < -0.3 is 14.6 Å². The quantitative estimate of drug-likeness (QED) is 0.257. The molecule has 0 aromatic rings. The number of ether oxygens (including phenoxy) is 1. The van der Waals surface area contributed by atoms with Crippen LogP contribution >= 0.6 is 0 Å². The zero-order valence-electron chi connectivity index (χ0n) is 7.69. The van der Waals surface area contributed by atoms with Crippen LogP contribution in [-0.4, -0.2) is 24.3 Å². The second kappa shape index (κ2) is 8.68. The van der Waals surface area contributed by atoms with Gasteiger partial charge in [0.2, 0.25) is 0 Å². The summed E-state index contributed by atoms with van der Waals surface area (Å²) in [7, 11) is 0. The third-order valence-corrected chi connectivity index (χ3v) is 0.940. The molecule has 0 radical (unpaired) electrons. The van der Waals surface area contributed by atoms with Crippen molar-refractivity contribution in [1.82, 2.24) is 0 Å². The third-order valence-electron chi connectivity index (χ3n) is 0.940. The van der Waals surface area contributed by atoms with Crippen LogP contribution in [0.1, 0.15) is 0 Å². The van der Waals surface area contributed by atoms with Crippen LogP contribution in [0.5, 0.6) is 0 Å². The summed E-state index contributed by atoms with van der Waals surface area (Å²) in [4.78, 5) is 30.9. The van der Waals surface area contributed by atoms with Gasteiger partial charge in [-0.05, 0) is 12.2 Å². The van der Waals surface area contributed by atoms with Gasteiger partial charge in [0.25, 0.3) is 0 Å². The number of carboxylic acids is 1. The van der Waals surface area contributed by atoms with Crippen molar-refractivity contribution in [2.45, 2.75) is 0 Å². The molecule has 6 heteroatoms. The van der Waals surface area contributed by atoms with E-state index in [1.807, 2.05) is 0 Å². The predicted molar refractivity (Wildman–Crippen MR) is 40.3 cm³/mol. The number of carbonyl (C=O) groups is 3. The largest absolute Gasteiger partial charge is 1.00 e. The summed E-state index contributed by atoms with van der Waals surface area (Å²) < 4.78 is 4.31. The summed E-state index contributed by atoms with van der Waals surface area (Å²) in [5, 5.41) is 9.81. The van der Waals surface area contributed by atoms with Gasteiger partial charge in [0.1, 0.15) is 0 Å². The third kappa shape index (κ3) is 9.18. The van der Waals surface area contributed by atoms with Crippen molar-refractivity contribution in [3.63, 3.8) is 0 Å². The van der Waals surface area contributed by atoms with Crippen LogP contribution in [0.4, 0.5) is 0 Å². The van der Waals surface area contributed by atoms with Crippen LogP contribution < -0.4 is 34.7 Å². The number of rotatable bonds is 5. The number of hydrogen-bond acceptors (Lipinski definition) is 5. The first-order chi connectivity index (χ1) is 6.06. The van der Waals surface area contributed by atoms with Crippen LogP contribution in [0, 0.1) is 0 Å².